The predicted molar refractivity (Wildman–Crippen MR) is 167 cm³/mol. The van der Waals surface area contributed by atoms with Crippen LogP contribution in [-0.2, 0) is 8.86 Å². The molecule has 204 valence electrons. The number of amides is 2. The van der Waals surface area contributed by atoms with Crippen molar-refractivity contribution in [3.8, 4) is 5.75 Å². The zero-order valence-corrected chi connectivity index (χ0v) is 25.6. The molecule has 11 heteroatoms. The molecule has 1 aliphatic heterocycles. The summed E-state index contributed by atoms with van der Waals surface area (Å²) < 4.78 is 22.0. The van der Waals surface area contributed by atoms with Gasteiger partial charge in [0.1, 0.15) is 23.2 Å². The summed E-state index contributed by atoms with van der Waals surface area (Å²) in [5.41, 5.74) is 2.34. The molecule has 39 heavy (non-hydrogen) atoms. The van der Waals surface area contributed by atoms with E-state index in [0.29, 0.717) is 15.8 Å². The van der Waals surface area contributed by atoms with E-state index in [1.807, 2.05) is 11.0 Å². The number of pyridine rings is 1. The lowest BCUT2D eigenvalue weighted by molar-refractivity contribution is 0.102. The van der Waals surface area contributed by atoms with Crippen LogP contribution in [0.5, 0.6) is 5.75 Å². The van der Waals surface area contributed by atoms with Crippen molar-refractivity contribution < 1.29 is 18.7 Å². The number of halogens is 3. The molecule has 4 rings (SSSR count). The van der Waals surface area contributed by atoms with E-state index in [4.69, 9.17) is 10.1 Å². The first-order valence-corrected chi connectivity index (χ1v) is 15.4. The summed E-state index contributed by atoms with van der Waals surface area (Å²) in [6.07, 6.45) is 4.81. The van der Waals surface area contributed by atoms with Gasteiger partial charge in [-0.15, -0.1) is 0 Å². The number of carbonyl (C=O) groups is 2. The average Bonchev–Trinajstić information content (AvgIpc) is 2.97. The number of aromatic nitrogens is 1. The molecule has 1 aromatic heterocycles. The van der Waals surface area contributed by atoms with Crippen molar-refractivity contribution in [1.82, 2.24) is 9.88 Å². The number of methoxy groups -OCH3 is 1. The maximum Gasteiger partial charge on any atom is 0.259 e. The molecule has 0 spiro atoms. The largest absolute Gasteiger partial charge is 0.495 e. The smallest absolute Gasteiger partial charge is 0.259 e. The number of nitrogens with zero attached hydrogens (tertiary/aromatic N) is 2. The van der Waals surface area contributed by atoms with Gasteiger partial charge in [0.15, 0.2) is 0 Å². The molecule has 0 bridgehead atoms. The molecule has 1 saturated heterocycles. The molecule has 3 N–H and O–H groups in total. The van der Waals surface area contributed by atoms with Crippen LogP contribution < -0.4 is 15.4 Å². The van der Waals surface area contributed by atoms with Gasteiger partial charge < -0.3 is 20.3 Å². The minimum atomic E-state index is -0.750. The molecule has 1 fully saturated rings. The Bertz CT molecular complexity index is 1380. The Kier molecular flexibility index (Phi) is 10.1. The highest BCUT2D eigenvalue weighted by molar-refractivity contribution is 14.1. The first kappa shape index (κ1) is 29.2. The molecule has 0 radical (unpaired) electrons. The van der Waals surface area contributed by atoms with Gasteiger partial charge >= 0.3 is 0 Å². The van der Waals surface area contributed by atoms with E-state index in [0.717, 1.165) is 47.9 Å². The summed E-state index contributed by atoms with van der Waals surface area (Å²) in [7, 11) is 1.44. The highest BCUT2D eigenvalue weighted by Crippen LogP contribution is 2.33. The van der Waals surface area contributed by atoms with E-state index in [1.165, 1.54) is 19.2 Å². The van der Waals surface area contributed by atoms with Gasteiger partial charge in [-0.2, -0.15) is 0 Å². The minimum Gasteiger partial charge on any atom is -0.495 e. The van der Waals surface area contributed by atoms with E-state index >= 15 is 4.39 Å². The number of hydrogen-bond acceptors (Lipinski definition) is 5. The van der Waals surface area contributed by atoms with E-state index in [9.17, 15) is 9.59 Å². The van der Waals surface area contributed by atoms with E-state index < -0.39 is 17.6 Å². The number of benzene rings is 2. The lowest BCUT2D eigenvalue weighted by atomic mass is 10.0. The molecule has 0 aliphatic carbocycles. The number of likely N-dealkylation sites (tertiary alicyclic amines) is 1. The minimum absolute atomic E-state index is 0.127. The van der Waals surface area contributed by atoms with Crippen LogP contribution in [-0.4, -0.2) is 47.7 Å². The van der Waals surface area contributed by atoms with Gasteiger partial charge in [-0.1, -0.05) is 57.3 Å². The van der Waals surface area contributed by atoms with Gasteiger partial charge in [-0.25, -0.2) is 9.37 Å². The van der Waals surface area contributed by atoms with Gasteiger partial charge in [-0.3, -0.25) is 15.0 Å². The molecular weight excluding hydrogens is 727 g/mol. The standard InChI is InChI=1S/C28H28FI2N5O3/c1-39-23-12-18(15-31)11-21(28(38)34-24-8-5-17(14-30)16-33-24)25(23)35-27(37)20-7-6-19(13-22(20)29)26(32)36-9-3-2-4-10-36/h5-8,11-13,16,32H,2-4,9-10,14-15H2,1H3,(H,35,37)(H,33,34,38). The number of nitrogens with one attached hydrogen (secondary N) is 3. The third-order valence-electron chi connectivity index (χ3n) is 6.40. The number of alkyl halides is 2. The Morgan fingerprint density at radius 1 is 0.974 bits per heavy atom. The highest BCUT2D eigenvalue weighted by atomic mass is 127. The second-order valence-corrected chi connectivity index (χ2v) is 10.6. The van der Waals surface area contributed by atoms with Crippen molar-refractivity contribution in [1.29, 1.82) is 5.41 Å². The summed E-state index contributed by atoms with van der Waals surface area (Å²) in [4.78, 5) is 32.7. The van der Waals surface area contributed by atoms with Crippen LogP contribution in [0.1, 0.15) is 56.7 Å². The second-order valence-electron chi connectivity index (χ2n) is 9.04. The zero-order chi connectivity index (χ0) is 27.9. The molecule has 2 heterocycles. The van der Waals surface area contributed by atoms with E-state index in [2.05, 4.69) is 60.8 Å². The first-order valence-electron chi connectivity index (χ1n) is 12.4. The molecule has 0 atom stereocenters. The van der Waals surface area contributed by atoms with Gasteiger partial charge in [0, 0.05) is 33.7 Å². The topological polar surface area (TPSA) is 107 Å². The number of ether oxygens (including phenoxy) is 1. The van der Waals surface area contributed by atoms with E-state index in [1.54, 1.807) is 30.5 Å². The van der Waals surface area contributed by atoms with Crippen LogP contribution in [0.2, 0.25) is 0 Å². The molecular formula is C28H28FI2N5O3. The number of rotatable bonds is 8. The van der Waals surface area contributed by atoms with Crippen LogP contribution >= 0.6 is 45.2 Å². The van der Waals surface area contributed by atoms with Gasteiger partial charge in [-0.05, 0) is 60.7 Å². The van der Waals surface area contributed by atoms with E-state index in [-0.39, 0.29) is 28.4 Å². The molecule has 3 aromatic rings. The Hall–Kier alpha value is -2.81. The summed E-state index contributed by atoms with van der Waals surface area (Å²) in [5.74, 6) is -1.09. The molecule has 2 aromatic carbocycles. The van der Waals surface area contributed by atoms with Gasteiger partial charge in [0.2, 0.25) is 0 Å². The Morgan fingerprint density at radius 3 is 2.31 bits per heavy atom. The molecule has 8 nitrogen and oxygen atoms in total. The fourth-order valence-corrected chi connectivity index (χ4v) is 5.20. The Balaban J connectivity index is 1.60. The van der Waals surface area contributed by atoms with Gasteiger partial charge in [0.25, 0.3) is 11.8 Å². The Labute approximate surface area is 253 Å². The predicted octanol–water partition coefficient (Wildman–Crippen LogP) is 6.42. The normalized spacial score (nSPS) is 13.1. The van der Waals surface area contributed by atoms with Crippen molar-refractivity contribution in [2.75, 3.05) is 30.8 Å². The molecule has 1 aliphatic rings. The molecule has 0 unspecified atom stereocenters. The third-order valence-corrected chi connectivity index (χ3v) is 8.16. The molecule has 2 amide bonds. The van der Waals surface area contributed by atoms with Crippen molar-refractivity contribution in [2.45, 2.75) is 28.1 Å². The number of amidine groups is 1. The first-order chi connectivity index (χ1) is 18.8. The fraction of sp³-hybridized carbons (Fsp3) is 0.286. The summed E-state index contributed by atoms with van der Waals surface area (Å²) in [6, 6.07) is 11.1. The summed E-state index contributed by atoms with van der Waals surface area (Å²) in [5, 5.41) is 13.9. The monoisotopic (exact) mass is 755 g/mol. The highest BCUT2D eigenvalue weighted by Gasteiger charge is 2.23. The van der Waals surface area contributed by atoms with Crippen molar-refractivity contribution >= 4 is 74.3 Å². The maximum absolute atomic E-state index is 15.1. The number of hydrogen-bond donors (Lipinski definition) is 3. The third kappa shape index (κ3) is 7.04. The van der Waals surface area contributed by atoms with Crippen LogP contribution in [0.4, 0.5) is 15.9 Å². The maximum atomic E-state index is 15.1. The summed E-state index contributed by atoms with van der Waals surface area (Å²) in [6.45, 7) is 1.52. The number of anilines is 2. The number of carbonyl (C=O) groups excluding carboxylic acids is 2. The van der Waals surface area contributed by atoms with Crippen LogP contribution in [0.15, 0.2) is 48.7 Å². The van der Waals surface area contributed by atoms with Crippen molar-refractivity contribution in [3.63, 3.8) is 0 Å². The molecule has 0 saturated carbocycles. The van der Waals surface area contributed by atoms with Crippen LogP contribution in [0, 0.1) is 11.2 Å². The lowest BCUT2D eigenvalue weighted by Gasteiger charge is -2.29. The van der Waals surface area contributed by atoms with Crippen LogP contribution in [0.25, 0.3) is 0 Å². The quantitative estimate of drug-likeness (QED) is 0.107. The van der Waals surface area contributed by atoms with Crippen molar-refractivity contribution in [2.24, 2.45) is 0 Å². The zero-order valence-electron chi connectivity index (χ0n) is 21.3. The second kappa shape index (κ2) is 13.5. The average molecular weight is 755 g/mol. The fourth-order valence-electron chi connectivity index (χ4n) is 4.31. The summed E-state index contributed by atoms with van der Waals surface area (Å²) >= 11 is 4.41. The number of piperidine rings is 1. The Morgan fingerprint density at radius 2 is 1.69 bits per heavy atom. The lowest BCUT2D eigenvalue weighted by Crippen LogP contribution is -2.35. The van der Waals surface area contributed by atoms with Crippen molar-refractivity contribution in [3.05, 3.63) is 82.3 Å². The SMILES string of the molecule is COc1cc(CI)cc(C(=O)Nc2ccc(CI)cn2)c1NC(=O)c1ccc(C(=N)N2CCCCC2)cc1F. The van der Waals surface area contributed by atoms with Crippen LogP contribution in [0.3, 0.4) is 0 Å². The van der Waals surface area contributed by atoms with Gasteiger partial charge in [0.05, 0.1) is 23.9 Å².